The molecule has 1 unspecified atom stereocenters. The molecule has 3 nitrogen and oxygen atoms in total. The van der Waals surface area contributed by atoms with Crippen LogP contribution in [-0.4, -0.2) is 49.6 Å². The predicted octanol–water partition coefficient (Wildman–Crippen LogP) is -1.53. The van der Waals surface area contributed by atoms with Crippen molar-refractivity contribution < 1.29 is 21.7 Å². The highest BCUT2D eigenvalue weighted by atomic mass is 35.5. The smallest absolute Gasteiger partial charge is 0.253 e. The maximum atomic E-state index is 11.7. The summed E-state index contributed by atoms with van der Waals surface area (Å²) in [5.74, 6) is 0.0323. The van der Waals surface area contributed by atoms with Gasteiger partial charge in [-0.25, -0.2) is 0 Å². The Morgan fingerprint density at radius 3 is 2.00 bits per heavy atom. The van der Waals surface area contributed by atoms with Crippen LogP contribution in [0.5, 0.6) is 0 Å². The second-order valence-electron chi connectivity index (χ2n) is 4.70. The van der Waals surface area contributed by atoms with Gasteiger partial charge in [0, 0.05) is 19.0 Å². The lowest BCUT2D eigenvalue weighted by Crippen LogP contribution is -3.00. The lowest BCUT2D eigenvalue weighted by atomic mass is 10.2. The van der Waals surface area contributed by atoms with Gasteiger partial charge in [0.05, 0.1) is 21.1 Å². The molecule has 15 heavy (non-hydrogen) atoms. The molecule has 0 aromatic carbocycles. The fourth-order valence-corrected chi connectivity index (χ4v) is 1.78. The number of nitrogens with zero attached hydrogens (tertiary/aromatic N) is 2. The summed E-state index contributed by atoms with van der Waals surface area (Å²) in [6, 6.07) is 0. The molecular formula is C11H23ClN2O. The normalized spacial score (nSPS) is 12.7. The largest absolute Gasteiger partial charge is 1.00 e. The third-order valence-electron chi connectivity index (χ3n) is 2.39. The van der Waals surface area contributed by atoms with Crippen molar-refractivity contribution in [2.75, 3.05) is 28.2 Å². The van der Waals surface area contributed by atoms with E-state index in [9.17, 15) is 4.79 Å². The lowest BCUT2D eigenvalue weighted by molar-refractivity contribution is -0.906. The van der Waals surface area contributed by atoms with Crippen LogP contribution >= 0.6 is 0 Å². The van der Waals surface area contributed by atoms with Crippen molar-refractivity contribution in [2.45, 2.75) is 26.4 Å². The monoisotopic (exact) mass is 234 g/mol. The summed E-state index contributed by atoms with van der Waals surface area (Å²) in [6.07, 6.45) is 1.15. The van der Waals surface area contributed by atoms with E-state index in [1.165, 1.54) is 0 Å². The Morgan fingerprint density at radius 2 is 1.80 bits per heavy atom. The van der Waals surface area contributed by atoms with Gasteiger partial charge in [-0.05, 0) is 6.92 Å². The maximum Gasteiger partial charge on any atom is 0.253 e. The Kier molecular flexibility index (Phi) is 6.90. The fraction of sp³-hybridized carbons (Fsp3) is 0.727. The minimum Gasteiger partial charge on any atom is -1.00 e. The molecule has 0 rings (SSSR count). The average molecular weight is 235 g/mol. The highest BCUT2D eigenvalue weighted by Gasteiger charge is 2.29. The fourth-order valence-electron chi connectivity index (χ4n) is 1.78. The molecule has 0 bridgehead atoms. The summed E-state index contributed by atoms with van der Waals surface area (Å²) in [4.78, 5) is 13.5. The second kappa shape index (κ2) is 6.13. The summed E-state index contributed by atoms with van der Waals surface area (Å²) in [5, 5.41) is 0. The van der Waals surface area contributed by atoms with E-state index in [4.69, 9.17) is 0 Å². The van der Waals surface area contributed by atoms with Gasteiger partial charge in [0.25, 0.3) is 5.91 Å². The Balaban J connectivity index is 0. The average Bonchev–Trinajstić information content (AvgIpc) is 2.01. The third kappa shape index (κ3) is 4.67. The van der Waals surface area contributed by atoms with Crippen LogP contribution in [0.15, 0.2) is 12.2 Å². The molecule has 90 valence electrons. The van der Waals surface area contributed by atoms with Gasteiger partial charge in [-0.15, -0.1) is 0 Å². The molecule has 0 fully saturated rings. The summed E-state index contributed by atoms with van der Waals surface area (Å²) in [7, 11) is 8.12. The van der Waals surface area contributed by atoms with Gasteiger partial charge in [0.1, 0.15) is 0 Å². The highest BCUT2D eigenvalue weighted by Crippen LogP contribution is 2.13. The number of carbonyl (C=O) groups excluding carboxylic acids is 1. The van der Waals surface area contributed by atoms with Crippen LogP contribution in [0.2, 0.25) is 0 Å². The van der Waals surface area contributed by atoms with Crippen LogP contribution < -0.4 is 12.4 Å². The summed E-state index contributed by atoms with van der Waals surface area (Å²) in [6.45, 7) is 7.52. The molecule has 0 aliphatic heterocycles. The molecule has 0 aliphatic carbocycles. The van der Waals surface area contributed by atoms with Crippen LogP contribution in [0.3, 0.4) is 0 Å². The molecule has 0 saturated heterocycles. The Hall–Kier alpha value is -0.540. The minimum absolute atomic E-state index is 0. The van der Waals surface area contributed by atoms with Gasteiger partial charge in [-0.1, -0.05) is 13.5 Å². The maximum absolute atomic E-state index is 11.7. The molecule has 0 saturated carbocycles. The molecule has 1 atom stereocenters. The molecule has 0 aliphatic rings. The van der Waals surface area contributed by atoms with Crippen molar-refractivity contribution in [3.05, 3.63) is 12.2 Å². The molecule has 0 aromatic rings. The first-order chi connectivity index (χ1) is 6.21. The summed E-state index contributed by atoms with van der Waals surface area (Å²) < 4.78 is 0.756. The first kappa shape index (κ1) is 16.9. The SMILES string of the molecule is C=C(C)C(=O)N(C)C(CC)[N+](C)(C)C.[Cl-]. The van der Waals surface area contributed by atoms with Gasteiger partial charge in [0.15, 0.2) is 6.17 Å². The summed E-state index contributed by atoms with van der Waals surface area (Å²) in [5.41, 5.74) is 0.597. The van der Waals surface area contributed by atoms with E-state index in [1.54, 1.807) is 11.8 Å². The minimum atomic E-state index is 0. The number of carbonyl (C=O) groups is 1. The number of rotatable bonds is 4. The number of likely N-dealkylation sites (N-methyl/N-ethyl adjacent to an activating group) is 1. The van der Waals surface area contributed by atoms with E-state index in [1.807, 2.05) is 7.05 Å². The molecule has 1 amide bonds. The van der Waals surface area contributed by atoms with Gasteiger partial charge in [0.2, 0.25) is 0 Å². The van der Waals surface area contributed by atoms with E-state index in [0.29, 0.717) is 5.57 Å². The molecular weight excluding hydrogens is 212 g/mol. The van der Waals surface area contributed by atoms with Crippen molar-refractivity contribution in [3.8, 4) is 0 Å². The number of quaternary nitrogens is 1. The van der Waals surface area contributed by atoms with E-state index in [2.05, 4.69) is 34.6 Å². The van der Waals surface area contributed by atoms with E-state index >= 15 is 0 Å². The zero-order valence-electron chi connectivity index (χ0n) is 10.7. The van der Waals surface area contributed by atoms with Gasteiger partial charge in [-0.2, -0.15) is 0 Å². The second-order valence-corrected chi connectivity index (χ2v) is 4.70. The number of amides is 1. The Labute approximate surface area is 99.7 Å². The molecule has 0 radical (unpaired) electrons. The van der Waals surface area contributed by atoms with Crippen LogP contribution in [-0.2, 0) is 4.79 Å². The van der Waals surface area contributed by atoms with Crippen LogP contribution in [0.25, 0.3) is 0 Å². The lowest BCUT2D eigenvalue weighted by Gasteiger charge is -2.39. The van der Waals surface area contributed by atoms with Crippen molar-refractivity contribution >= 4 is 5.91 Å². The van der Waals surface area contributed by atoms with Crippen LogP contribution in [0.1, 0.15) is 20.3 Å². The Morgan fingerprint density at radius 1 is 1.40 bits per heavy atom. The highest BCUT2D eigenvalue weighted by molar-refractivity contribution is 5.92. The van der Waals surface area contributed by atoms with E-state index in [-0.39, 0.29) is 24.5 Å². The molecule has 0 N–H and O–H groups in total. The van der Waals surface area contributed by atoms with E-state index in [0.717, 1.165) is 10.9 Å². The number of halogens is 1. The summed E-state index contributed by atoms with van der Waals surface area (Å²) >= 11 is 0. The van der Waals surface area contributed by atoms with Gasteiger partial charge >= 0.3 is 0 Å². The zero-order valence-corrected chi connectivity index (χ0v) is 11.4. The third-order valence-corrected chi connectivity index (χ3v) is 2.39. The molecule has 4 heteroatoms. The first-order valence-electron chi connectivity index (χ1n) is 4.95. The Bertz CT molecular complexity index is 233. The predicted molar refractivity (Wildman–Crippen MR) is 59.7 cm³/mol. The van der Waals surface area contributed by atoms with Gasteiger partial charge in [-0.3, -0.25) is 9.69 Å². The van der Waals surface area contributed by atoms with Crippen molar-refractivity contribution in [2.24, 2.45) is 0 Å². The van der Waals surface area contributed by atoms with Crippen molar-refractivity contribution in [1.29, 1.82) is 0 Å². The molecule has 0 heterocycles. The number of hydrogen-bond acceptors (Lipinski definition) is 1. The topological polar surface area (TPSA) is 20.3 Å². The quantitative estimate of drug-likeness (QED) is 0.328. The van der Waals surface area contributed by atoms with Gasteiger partial charge < -0.3 is 16.9 Å². The van der Waals surface area contributed by atoms with Crippen LogP contribution in [0.4, 0.5) is 0 Å². The zero-order chi connectivity index (χ0) is 11.5. The van der Waals surface area contributed by atoms with Crippen LogP contribution in [0, 0.1) is 0 Å². The number of hydrogen-bond donors (Lipinski definition) is 0. The van der Waals surface area contributed by atoms with Crippen molar-refractivity contribution in [3.63, 3.8) is 0 Å². The molecule has 0 aromatic heterocycles. The molecule has 0 spiro atoms. The van der Waals surface area contributed by atoms with Crippen molar-refractivity contribution in [1.82, 2.24) is 4.90 Å². The standard InChI is InChI=1S/C11H23N2O.ClH/c1-8-10(13(5,6)7)12(4)11(14)9(2)3;/h10H,2,8H2,1,3-7H3;1H/q+1;/p-1. The first-order valence-corrected chi connectivity index (χ1v) is 4.95. The van der Waals surface area contributed by atoms with E-state index < -0.39 is 0 Å².